The quantitative estimate of drug-likeness (QED) is 0.840. The molecule has 1 aliphatic rings. The fraction of sp³-hybridized carbons (Fsp3) is 0.417. The molecule has 1 aliphatic heterocycles. The van der Waals surface area contributed by atoms with Crippen molar-refractivity contribution in [2.75, 3.05) is 13.1 Å². The molecule has 1 fully saturated rings. The van der Waals surface area contributed by atoms with Crippen molar-refractivity contribution in [3.63, 3.8) is 0 Å². The van der Waals surface area contributed by atoms with E-state index in [1.165, 1.54) is 0 Å². The van der Waals surface area contributed by atoms with Crippen LogP contribution >= 0.6 is 0 Å². The van der Waals surface area contributed by atoms with Crippen molar-refractivity contribution in [2.24, 2.45) is 5.73 Å². The van der Waals surface area contributed by atoms with Gasteiger partial charge in [-0.05, 0) is 12.5 Å². The van der Waals surface area contributed by atoms with E-state index in [-0.39, 0.29) is 18.2 Å². The zero-order valence-corrected chi connectivity index (χ0v) is 9.30. The first-order valence-electron chi connectivity index (χ1n) is 5.44. The Bertz CT molecular complexity index is 367. The van der Waals surface area contributed by atoms with Crippen molar-refractivity contribution >= 4 is 6.09 Å². The average molecular weight is 220 g/mol. The number of rotatable bonds is 3. The molecular weight excluding hydrogens is 204 g/mol. The molecule has 4 heteroatoms. The van der Waals surface area contributed by atoms with Gasteiger partial charge < -0.3 is 10.5 Å². The molecule has 4 nitrogen and oxygen atoms in total. The summed E-state index contributed by atoms with van der Waals surface area (Å²) in [6.07, 6.45) is -0.439. The Balaban J connectivity index is 2.11. The highest BCUT2D eigenvalue weighted by Gasteiger charge is 2.33. The number of nitrogens with zero attached hydrogens (tertiary/aromatic N) is 1. The number of hydrogen-bond donors (Lipinski definition) is 1. The van der Waals surface area contributed by atoms with Gasteiger partial charge in [-0.15, -0.1) is 0 Å². The predicted octanol–water partition coefficient (Wildman–Crippen LogP) is 1.53. The molecule has 0 unspecified atom stereocenters. The van der Waals surface area contributed by atoms with Crippen molar-refractivity contribution in [1.82, 2.24) is 4.90 Å². The fourth-order valence-corrected chi connectivity index (χ4v) is 1.89. The van der Waals surface area contributed by atoms with Gasteiger partial charge in [-0.1, -0.05) is 30.3 Å². The van der Waals surface area contributed by atoms with Crippen LogP contribution in [0.5, 0.6) is 0 Å². The summed E-state index contributed by atoms with van der Waals surface area (Å²) < 4.78 is 5.13. The standard InChI is InChI=1S/C12H16N2O2/c1-9(10-5-3-2-4-6-10)14-8-11(7-13)16-12(14)15/h2-6,9,11H,7-8,13H2,1H3/t9-,11-/m0/s1. The monoisotopic (exact) mass is 220 g/mol. The Morgan fingerprint density at radius 1 is 1.50 bits per heavy atom. The van der Waals surface area contributed by atoms with E-state index in [1.807, 2.05) is 37.3 Å². The Morgan fingerprint density at radius 2 is 2.19 bits per heavy atom. The lowest BCUT2D eigenvalue weighted by atomic mass is 10.1. The molecule has 0 aromatic heterocycles. The first-order valence-corrected chi connectivity index (χ1v) is 5.44. The summed E-state index contributed by atoms with van der Waals surface area (Å²) in [7, 11) is 0. The molecule has 1 amide bonds. The largest absolute Gasteiger partial charge is 0.443 e. The van der Waals surface area contributed by atoms with Gasteiger partial charge >= 0.3 is 6.09 Å². The zero-order valence-electron chi connectivity index (χ0n) is 9.30. The molecule has 2 atom stereocenters. The van der Waals surface area contributed by atoms with Crippen molar-refractivity contribution in [3.8, 4) is 0 Å². The van der Waals surface area contributed by atoms with E-state index in [1.54, 1.807) is 4.90 Å². The first kappa shape index (κ1) is 11.0. The van der Waals surface area contributed by atoms with Crippen molar-refractivity contribution in [3.05, 3.63) is 35.9 Å². The zero-order chi connectivity index (χ0) is 11.5. The van der Waals surface area contributed by atoms with E-state index in [2.05, 4.69) is 0 Å². The highest BCUT2D eigenvalue weighted by molar-refractivity contribution is 5.70. The van der Waals surface area contributed by atoms with Crippen molar-refractivity contribution in [2.45, 2.75) is 19.1 Å². The van der Waals surface area contributed by atoms with Crippen LogP contribution < -0.4 is 5.73 Å². The Hall–Kier alpha value is -1.55. The normalized spacial score (nSPS) is 22.0. The van der Waals surface area contributed by atoms with Gasteiger partial charge in [-0.2, -0.15) is 0 Å². The third-order valence-corrected chi connectivity index (χ3v) is 2.91. The van der Waals surface area contributed by atoms with Gasteiger partial charge in [-0.25, -0.2) is 4.79 Å². The minimum Gasteiger partial charge on any atom is -0.443 e. The number of carbonyl (C=O) groups excluding carboxylic acids is 1. The minimum absolute atomic E-state index is 0.0326. The molecule has 16 heavy (non-hydrogen) atoms. The lowest BCUT2D eigenvalue weighted by Gasteiger charge is -2.22. The van der Waals surface area contributed by atoms with Gasteiger partial charge in [0.05, 0.1) is 12.6 Å². The molecule has 0 radical (unpaired) electrons. The second-order valence-corrected chi connectivity index (χ2v) is 3.98. The summed E-state index contributed by atoms with van der Waals surface area (Å²) in [6, 6.07) is 9.94. The molecule has 0 bridgehead atoms. The Morgan fingerprint density at radius 3 is 2.75 bits per heavy atom. The van der Waals surface area contributed by atoms with E-state index in [0.717, 1.165) is 5.56 Å². The molecule has 0 aliphatic carbocycles. The summed E-state index contributed by atoms with van der Waals surface area (Å²) in [4.78, 5) is 13.3. The number of hydrogen-bond acceptors (Lipinski definition) is 3. The molecule has 0 spiro atoms. The van der Waals surface area contributed by atoms with Crippen molar-refractivity contribution < 1.29 is 9.53 Å². The van der Waals surface area contributed by atoms with Gasteiger partial charge in [0.15, 0.2) is 0 Å². The second-order valence-electron chi connectivity index (χ2n) is 3.98. The fourth-order valence-electron chi connectivity index (χ4n) is 1.89. The summed E-state index contributed by atoms with van der Waals surface area (Å²) in [5.41, 5.74) is 6.60. The maximum atomic E-state index is 11.6. The van der Waals surface area contributed by atoms with Crippen LogP contribution in [0.25, 0.3) is 0 Å². The van der Waals surface area contributed by atoms with Crippen LogP contribution in [0.1, 0.15) is 18.5 Å². The van der Waals surface area contributed by atoms with Crippen LogP contribution in [0.15, 0.2) is 30.3 Å². The van der Waals surface area contributed by atoms with E-state index < -0.39 is 0 Å². The molecule has 2 rings (SSSR count). The summed E-state index contributed by atoms with van der Waals surface area (Å²) in [5, 5.41) is 0. The van der Waals surface area contributed by atoms with Crippen LogP contribution in [0.4, 0.5) is 4.79 Å². The molecule has 2 N–H and O–H groups in total. The van der Waals surface area contributed by atoms with Gasteiger partial charge in [0.1, 0.15) is 6.10 Å². The van der Waals surface area contributed by atoms with Crippen LogP contribution in [0, 0.1) is 0 Å². The maximum absolute atomic E-state index is 11.6. The van der Waals surface area contributed by atoms with Crippen LogP contribution in [0.3, 0.4) is 0 Å². The lowest BCUT2D eigenvalue weighted by Crippen LogP contribution is -2.30. The number of nitrogens with two attached hydrogens (primary N) is 1. The van der Waals surface area contributed by atoms with Gasteiger partial charge in [0.2, 0.25) is 0 Å². The molecular formula is C12H16N2O2. The topological polar surface area (TPSA) is 55.6 Å². The lowest BCUT2D eigenvalue weighted by molar-refractivity contribution is 0.131. The molecule has 1 saturated heterocycles. The predicted molar refractivity (Wildman–Crippen MR) is 60.9 cm³/mol. The Kier molecular flexibility index (Phi) is 3.10. The van der Waals surface area contributed by atoms with Crippen molar-refractivity contribution in [1.29, 1.82) is 0 Å². The number of amides is 1. The number of cyclic esters (lactones) is 1. The number of ether oxygens (including phenoxy) is 1. The molecule has 1 heterocycles. The minimum atomic E-state index is -0.271. The molecule has 1 aromatic rings. The molecule has 1 aromatic carbocycles. The maximum Gasteiger partial charge on any atom is 0.410 e. The van der Waals surface area contributed by atoms with E-state index >= 15 is 0 Å². The van der Waals surface area contributed by atoms with Gasteiger partial charge in [0, 0.05) is 6.54 Å². The highest BCUT2D eigenvalue weighted by atomic mass is 16.6. The summed E-state index contributed by atoms with van der Waals surface area (Å²) in [6.45, 7) is 2.95. The number of carbonyl (C=O) groups is 1. The van der Waals surface area contributed by atoms with Crippen LogP contribution in [-0.2, 0) is 4.74 Å². The number of benzene rings is 1. The van der Waals surface area contributed by atoms with E-state index in [4.69, 9.17) is 10.5 Å². The summed E-state index contributed by atoms with van der Waals surface area (Å²) in [5.74, 6) is 0. The third-order valence-electron chi connectivity index (χ3n) is 2.91. The summed E-state index contributed by atoms with van der Waals surface area (Å²) >= 11 is 0. The van der Waals surface area contributed by atoms with Gasteiger partial charge in [-0.3, -0.25) is 4.90 Å². The molecule has 0 saturated carbocycles. The van der Waals surface area contributed by atoms with E-state index in [9.17, 15) is 4.79 Å². The molecule has 86 valence electrons. The Labute approximate surface area is 95.0 Å². The van der Waals surface area contributed by atoms with E-state index in [0.29, 0.717) is 13.1 Å². The van der Waals surface area contributed by atoms with Crippen LogP contribution in [-0.4, -0.2) is 30.2 Å². The first-order chi connectivity index (χ1) is 7.72. The van der Waals surface area contributed by atoms with Crippen LogP contribution in [0.2, 0.25) is 0 Å². The average Bonchev–Trinajstić information content (AvgIpc) is 2.71. The van der Waals surface area contributed by atoms with Gasteiger partial charge in [0.25, 0.3) is 0 Å². The highest BCUT2D eigenvalue weighted by Crippen LogP contribution is 2.24. The third kappa shape index (κ3) is 2.02. The smallest absolute Gasteiger partial charge is 0.410 e. The SMILES string of the molecule is C[C@@H](c1ccccc1)N1C[C@H](CN)OC1=O. The second kappa shape index (κ2) is 4.53.